The van der Waals surface area contributed by atoms with Crippen molar-refractivity contribution in [2.75, 3.05) is 6.61 Å². The van der Waals surface area contributed by atoms with E-state index in [9.17, 15) is 9.59 Å². The number of alkyl halides is 1. The molecule has 2 aromatic rings. The molecule has 0 atom stereocenters. The molecule has 0 aliphatic heterocycles. The van der Waals surface area contributed by atoms with Gasteiger partial charge in [0.1, 0.15) is 0 Å². The Balaban J connectivity index is 2.83. The number of esters is 1. The van der Waals surface area contributed by atoms with Gasteiger partial charge in [-0.2, -0.15) is 0 Å². The van der Waals surface area contributed by atoms with Gasteiger partial charge in [-0.15, -0.1) is 0 Å². The quantitative estimate of drug-likeness (QED) is 0.388. The molecule has 0 heterocycles. The molecule has 1 N–H and O–H groups in total. The van der Waals surface area contributed by atoms with Crippen molar-refractivity contribution in [2.24, 2.45) is 0 Å². The maximum absolute atomic E-state index is 12.8. The Morgan fingerprint density at radius 2 is 1.85 bits per heavy atom. The highest BCUT2D eigenvalue weighted by atomic mass is 79.9. The van der Waals surface area contributed by atoms with Crippen molar-refractivity contribution in [1.82, 2.24) is 0 Å². The second-order valence-electron chi connectivity index (χ2n) is 5.60. The number of aliphatic carboxylic acids is 1. The van der Waals surface area contributed by atoms with Crippen LogP contribution >= 0.6 is 15.9 Å². The minimum atomic E-state index is -1.07. The molecule has 26 heavy (non-hydrogen) atoms. The molecule has 4 nitrogen and oxygen atoms in total. The molecule has 0 spiro atoms. The molecule has 0 radical (unpaired) electrons. The highest BCUT2D eigenvalue weighted by Gasteiger charge is 2.22. The second-order valence-corrected chi connectivity index (χ2v) is 6.16. The Morgan fingerprint density at radius 1 is 1.12 bits per heavy atom. The molecule has 0 aliphatic carbocycles. The summed E-state index contributed by atoms with van der Waals surface area (Å²) in [7, 11) is 0. The first kappa shape index (κ1) is 19.9. The van der Waals surface area contributed by atoms with E-state index in [2.05, 4.69) is 15.9 Å². The summed E-state index contributed by atoms with van der Waals surface area (Å²) in [6.07, 6.45) is 3.21. The lowest BCUT2D eigenvalue weighted by molar-refractivity contribution is -0.131. The number of aryl methyl sites for hydroxylation is 1. The smallest absolute Gasteiger partial charge is 0.339 e. The molecule has 0 saturated carbocycles. The summed E-state index contributed by atoms with van der Waals surface area (Å²) in [6, 6.07) is 11.5. The third kappa shape index (κ3) is 4.41. The summed E-state index contributed by atoms with van der Waals surface area (Å²) in [5.74, 6) is -1.52. The monoisotopic (exact) mass is 416 g/mol. The molecule has 136 valence electrons. The number of ether oxygens (including phenoxy) is 1. The molecular formula is C21H21BrO4. The number of rotatable bonds is 7. The summed E-state index contributed by atoms with van der Waals surface area (Å²) >= 11 is 3.50. The van der Waals surface area contributed by atoms with Gasteiger partial charge >= 0.3 is 11.9 Å². The van der Waals surface area contributed by atoms with Gasteiger partial charge in [0.05, 0.1) is 12.2 Å². The summed E-state index contributed by atoms with van der Waals surface area (Å²) in [5.41, 5.74) is 4.73. The standard InChI is InChI=1S/C21H21BrO4/c1-3-14-9-10-15(11-12-18(23)24)20(21(25)26-4-2)19(14)17-8-6-5-7-16(17)13-22/h5-12H,3-4,13H2,1-2H3,(H,23,24). The lowest BCUT2D eigenvalue weighted by Crippen LogP contribution is -2.11. The molecule has 2 aromatic carbocycles. The number of hydrogen-bond donors (Lipinski definition) is 1. The molecule has 0 amide bonds. The number of carbonyl (C=O) groups is 2. The van der Waals surface area contributed by atoms with Crippen LogP contribution in [0, 0.1) is 0 Å². The third-order valence-electron chi connectivity index (χ3n) is 4.02. The van der Waals surface area contributed by atoms with E-state index < -0.39 is 11.9 Å². The molecule has 0 unspecified atom stereocenters. The van der Waals surface area contributed by atoms with Gasteiger partial charge in [-0.05, 0) is 41.7 Å². The Labute approximate surface area is 161 Å². The first-order valence-electron chi connectivity index (χ1n) is 8.41. The van der Waals surface area contributed by atoms with Crippen LogP contribution in [0.1, 0.15) is 40.9 Å². The van der Waals surface area contributed by atoms with Crippen molar-refractivity contribution in [2.45, 2.75) is 25.6 Å². The van der Waals surface area contributed by atoms with Crippen LogP contribution in [-0.2, 0) is 21.3 Å². The van der Waals surface area contributed by atoms with E-state index in [4.69, 9.17) is 9.84 Å². The first-order valence-corrected chi connectivity index (χ1v) is 9.53. The summed E-state index contributed by atoms with van der Waals surface area (Å²) < 4.78 is 5.28. The minimum Gasteiger partial charge on any atom is -0.478 e. The topological polar surface area (TPSA) is 63.6 Å². The van der Waals surface area contributed by atoms with Crippen molar-refractivity contribution >= 4 is 33.9 Å². The predicted molar refractivity (Wildman–Crippen MR) is 107 cm³/mol. The average Bonchev–Trinajstić information content (AvgIpc) is 2.65. The van der Waals surface area contributed by atoms with E-state index >= 15 is 0 Å². The average molecular weight is 417 g/mol. The van der Waals surface area contributed by atoms with Gasteiger partial charge in [0.15, 0.2) is 0 Å². The lowest BCUT2D eigenvalue weighted by atomic mass is 9.87. The fourth-order valence-electron chi connectivity index (χ4n) is 2.87. The van der Waals surface area contributed by atoms with Crippen LogP contribution in [0.25, 0.3) is 17.2 Å². The van der Waals surface area contributed by atoms with Crippen LogP contribution in [0.5, 0.6) is 0 Å². The summed E-state index contributed by atoms with van der Waals surface area (Å²) in [6.45, 7) is 4.02. The van der Waals surface area contributed by atoms with E-state index in [-0.39, 0.29) is 6.61 Å². The van der Waals surface area contributed by atoms with Crippen LogP contribution in [0.4, 0.5) is 0 Å². The fraction of sp³-hybridized carbons (Fsp3) is 0.238. The summed E-state index contributed by atoms with van der Waals surface area (Å²) in [5, 5.41) is 9.61. The predicted octanol–water partition coefficient (Wildman–Crippen LogP) is 5.09. The van der Waals surface area contributed by atoms with Crippen LogP contribution in [0.2, 0.25) is 0 Å². The Hall–Kier alpha value is -2.40. The van der Waals surface area contributed by atoms with Crippen LogP contribution < -0.4 is 0 Å². The van der Waals surface area contributed by atoms with E-state index in [1.165, 1.54) is 6.08 Å². The van der Waals surface area contributed by atoms with Gasteiger partial charge in [0.2, 0.25) is 0 Å². The minimum absolute atomic E-state index is 0.247. The molecule has 5 heteroatoms. The van der Waals surface area contributed by atoms with Gasteiger partial charge in [-0.1, -0.05) is 59.3 Å². The Kier molecular flexibility index (Phi) is 7.16. The highest BCUT2D eigenvalue weighted by Crippen LogP contribution is 2.35. The zero-order valence-corrected chi connectivity index (χ0v) is 16.4. The van der Waals surface area contributed by atoms with Crippen molar-refractivity contribution < 1.29 is 19.4 Å². The molecule has 0 aromatic heterocycles. The lowest BCUT2D eigenvalue weighted by Gasteiger charge is -2.18. The van der Waals surface area contributed by atoms with Crippen molar-refractivity contribution in [3.63, 3.8) is 0 Å². The maximum atomic E-state index is 12.8. The number of carboxylic acid groups (broad SMARTS) is 1. The first-order chi connectivity index (χ1) is 12.5. The molecule has 2 rings (SSSR count). The zero-order chi connectivity index (χ0) is 19.1. The number of carbonyl (C=O) groups excluding carboxylic acids is 1. The number of benzene rings is 2. The van der Waals surface area contributed by atoms with Crippen LogP contribution in [-0.4, -0.2) is 23.7 Å². The Morgan fingerprint density at radius 3 is 2.46 bits per heavy atom. The van der Waals surface area contributed by atoms with E-state index in [0.717, 1.165) is 34.8 Å². The van der Waals surface area contributed by atoms with Crippen molar-refractivity contribution in [1.29, 1.82) is 0 Å². The zero-order valence-electron chi connectivity index (χ0n) is 14.8. The SMILES string of the molecule is CCOC(=O)c1c(C=CC(=O)O)ccc(CC)c1-c1ccccc1CBr. The molecule has 0 fully saturated rings. The normalized spacial score (nSPS) is 10.9. The van der Waals surface area contributed by atoms with Crippen LogP contribution in [0.3, 0.4) is 0 Å². The van der Waals surface area contributed by atoms with Crippen LogP contribution in [0.15, 0.2) is 42.5 Å². The largest absolute Gasteiger partial charge is 0.478 e. The van der Waals surface area contributed by atoms with E-state index in [0.29, 0.717) is 16.5 Å². The van der Waals surface area contributed by atoms with E-state index in [1.807, 2.05) is 37.3 Å². The number of carboxylic acids is 1. The Bertz CT molecular complexity index is 840. The van der Waals surface area contributed by atoms with E-state index in [1.54, 1.807) is 13.0 Å². The van der Waals surface area contributed by atoms with Crippen molar-refractivity contribution in [3.8, 4) is 11.1 Å². The maximum Gasteiger partial charge on any atom is 0.339 e. The van der Waals surface area contributed by atoms with Gasteiger partial charge < -0.3 is 9.84 Å². The second kappa shape index (κ2) is 9.34. The highest BCUT2D eigenvalue weighted by molar-refractivity contribution is 9.08. The molecule has 0 saturated heterocycles. The number of hydrogen-bond acceptors (Lipinski definition) is 3. The van der Waals surface area contributed by atoms with Gasteiger partial charge in [-0.25, -0.2) is 9.59 Å². The van der Waals surface area contributed by atoms with Gasteiger partial charge in [0.25, 0.3) is 0 Å². The number of halogens is 1. The fourth-order valence-corrected chi connectivity index (χ4v) is 3.36. The third-order valence-corrected chi connectivity index (χ3v) is 4.62. The van der Waals surface area contributed by atoms with Gasteiger partial charge in [-0.3, -0.25) is 0 Å². The van der Waals surface area contributed by atoms with Crippen molar-refractivity contribution in [3.05, 3.63) is 64.7 Å². The molecular weight excluding hydrogens is 396 g/mol. The molecule has 0 aliphatic rings. The molecule has 0 bridgehead atoms. The van der Waals surface area contributed by atoms with Gasteiger partial charge in [0, 0.05) is 17.0 Å². The summed E-state index contributed by atoms with van der Waals surface area (Å²) in [4.78, 5) is 23.7.